The van der Waals surface area contributed by atoms with Crippen LogP contribution < -0.4 is 0 Å². The fourth-order valence-corrected chi connectivity index (χ4v) is 1.17. The third-order valence-corrected chi connectivity index (χ3v) is 1.89. The molecule has 0 saturated carbocycles. The zero-order valence-electron chi connectivity index (χ0n) is 6.96. The summed E-state index contributed by atoms with van der Waals surface area (Å²) in [6.45, 7) is 5.95. The molecule has 0 aliphatic carbocycles. The molecule has 1 rings (SSSR count). The van der Waals surface area contributed by atoms with Crippen molar-refractivity contribution >= 4 is 0 Å². The minimum atomic E-state index is 0.605. The van der Waals surface area contributed by atoms with E-state index in [1.807, 2.05) is 12.1 Å². The van der Waals surface area contributed by atoms with E-state index in [2.05, 4.69) is 37.8 Å². The predicted octanol–water partition coefficient (Wildman–Crippen LogP) is 3.37. The van der Waals surface area contributed by atoms with E-state index < -0.39 is 0 Å². The van der Waals surface area contributed by atoms with E-state index in [1.54, 1.807) is 0 Å². The van der Waals surface area contributed by atoms with Crippen molar-refractivity contribution < 1.29 is 0 Å². The maximum absolute atomic E-state index is 3.73. The molecule has 0 spiro atoms. The summed E-state index contributed by atoms with van der Waals surface area (Å²) in [5.41, 5.74) is 1.40. The van der Waals surface area contributed by atoms with Crippen molar-refractivity contribution in [2.24, 2.45) is 0 Å². The van der Waals surface area contributed by atoms with Gasteiger partial charge in [-0.25, -0.2) is 0 Å². The third-order valence-electron chi connectivity index (χ3n) is 1.89. The lowest BCUT2D eigenvalue weighted by Crippen LogP contribution is -1.89. The maximum Gasteiger partial charge on any atom is -0.0156 e. The van der Waals surface area contributed by atoms with Crippen LogP contribution >= 0.6 is 0 Å². The molecule has 0 heterocycles. The first kappa shape index (κ1) is 8.06. The Bertz CT molecular complexity index is 211. The molecule has 1 atom stereocenters. The van der Waals surface area contributed by atoms with Crippen LogP contribution in [0.3, 0.4) is 0 Å². The molecule has 1 aromatic carbocycles. The van der Waals surface area contributed by atoms with Crippen molar-refractivity contribution in [1.29, 1.82) is 0 Å². The van der Waals surface area contributed by atoms with E-state index >= 15 is 0 Å². The molecule has 1 aromatic rings. The van der Waals surface area contributed by atoms with Crippen molar-refractivity contribution in [3.8, 4) is 0 Å². The quantitative estimate of drug-likeness (QED) is 0.573. The van der Waals surface area contributed by atoms with Crippen LogP contribution in [0.25, 0.3) is 0 Å². The van der Waals surface area contributed by atoms with Gasteiger partial charge in [-0.05, 0) is 17.9 Å². The highest BCUT2D eigenvalue weighted by atomic mass is 14.0. The smallest absolute Gasteiger partial charge is 0.0156 e. The number of benzene rings is 1. The van der Waals surface area contributed by atoms with Gasteiger partial charge >= 0.3 is 0 Å². The molecule has 0 aliphatic rings. The van der Waals surface area contributed by atoms with Gasteiger partial charge in [-0.2, -0.15) is 0 Å². The summed E-state index contributed by atoms with van der Waals surface area (Å²) in [7, 11) is 0. The van der Waals surface area contributed by atoms with E-state index in [4.69, 9.17) is 0 Å². The van der Waals surface area contributed by atoms with Crippen molar-refractivity contribution in [2.45, 2.75) is 19.3 Å². The third kappa shape index (κ3) is 2.23. The second-order valence-corrected chi connectivity index (χ2v) is 2.84. The average molecular weight is 146 g/mol. The van der Waals surface area contributed by atoms with Gasteiger partial charge in [0, 0.05) is 0 Å². The molecule has 1 unspecified atom stereocenters. The van der Waals surface area contributed by atoms with Crippen LogP contribution in [0.15, 0.2) is 43.0 Å². The largest absolute Gasteiger partial charge is 0.103 e. The Balaban J connectivity index is 2.68. The highest BCUT2D eigenvalue weighted by Crippen LogP contribution is 2.17. The van der Waals surface area contributed by atoms with E-state index in [1.165, 1.54) is 5.56 Å². The van der Waals surface area contributed by atoms with Crippen LogP contribution in [-0.4, -0.2) is 0 Å². The predicted molar refractivity (Wildman–Crippen MR) is 49.7 cm³/mol. The Morgan fingerprint density at radius 3 is 2.55 bits per heavy atom. The van der Waals surface area contributed by atoms with Crippen LogP contribution in [0.1, 0.15) is 24.8 Å². The normalized spacial score (nSPS) is 12.5. The fourth-order valence-electron chi connectivity index (χ4n) is 1.17. The van der Waals surface area contributed by atoms with Gasteiger partial charge in [0.2, 0.25) is 0 Å². The SMILES string of the molecule is C=CCC(C)c1ccccc1. The molecule has 11 heavy (non-hydrogen) atoms. The van der Waals surface area contributed by atoms with Crippen LogP contribution in [0, 0.1) is 0 Å². The molecule has 0 amide bonds. The van der Waals surface area contributed by atoms with Gasteiger partial charge in [0.05, 0.1) is 0 Å². The van der Waals surface area contributed by atoms with Crippen molar-refractivity contribution in [3.63, 3.8) is 0 Å². The lowest BCUT2D eigenvalue weighted by atomic mass is 9.98. The summed E-state index contributed by atoms with van der Waals surface area (Å²) in [4.78, 5) is 0. The molecular weight excluding hydrogens is 132 g/mol. The van der Waals surface area contributed by atoms with Crippen molar-refractivity contribution in [3.05, 3.63) is 48.6 Å². The van der Waals surface area contributed by atoms with E-state index in [0.717, 1.165) is 6.42 Å². The number of hydrogen-bond acceptors (Lipinski definition) is 0. The molecule has 0 bridgehead atoms. The summed E-state index contributed by atoms with van der Waals surface area (Å²) in [5, 5.41) is 0. The van der Waals surface area contributed by atoms with Crippen LogP contribution in [0.2, 0.25) is 0 Å². The van der Waals surface area contributed by atoms with Crippen molar-refractivity contribution in [2.75, 3.05) is 0 Å². The molecule has 0 aliphatic heterocycles. The molecule has 0 radical (unpaired) electrons. The average Bonchev–Trinajstić information content (AvgIpc) is 2.07. The first-order chi connectivity index (χ1) is 5.34. The van der Waals surface area contributed by atoms with Crippen molar-refractivity contribution in [1.82, 2.24) is 0 Å². The zero-order valence-corrected chi connectivity index (χ0v) is 6.96. The van der Waals surface area contributed by atoms with Gasteiger partial charge in [0.25, 0.3) is 0 Å². The highest BCUT2D eigenvalue weighted by Gasteiger charge is 2.00. The molecular formula is C11H14. The molecule has 58 valence electrons. The molecule has 0 nitrogen and oxygen atoms in total. The first-order valence-electron chi connectivity index (χ1n) is 4.00. The standard InChI is InChI=1S/C11H14/c1-3-7-10(2)11-8-5-4-6-9-11/h3-6,8-10H,1,7H2,2H3. The summed E-state index contributed by atoms with van der Waals surface area (Å²) in [6.07, 6.45) is 3.03. The van der Waals surface area contributed by atoms with E-state index in [9.17, 15) is 0 Å². The second-order valence-electron chi connectivity index (χ2n) is 2.84. The van der Waals surface area contributed by atoms with Gasteiger partial charge in [-0.3, -0.25) is 0 Å². The number of rotatable bonds is 3. The van der Waals surface area contributed by atoms with E-state index in [-0.39, 0.29) is 0 Å². The number of allylic oxidation sites excluding steroid dienone is 1. The Morgan fingerprint density at radius 2 is 2.00 bits per heavy atom. The van der Waals surface area contributed by atoms with Crippen LogP contribution in [0.4, 0.5) is 0 Å². The van der Waals surface area contributed by atoms with Gasteiger partial charge in [0.15, 0.2) is 0 Å². The Hall–Kier alpha value is -1.04. The second kappa shape index (κ2) is 3.97. The van der Waals surface area contributed by atoms with Gasteiger partial charge in [-0.1, -0.05) is 43.3 Å². The summed E-state index contributed by atoms with van der Waals surface area (Å²) < 4.78 is 0. The molecule has 0 N–H and O–H groups in total. The molecule has 0 heteroatoms. The van der Waals surface area contributed by atoms with E-state index in [0.29, 0.717) is 5.92 Å². The van der Waals surface area contributed by atoms with Crippen LogP contribution in [0.5, 0.6) is 0 Å². The highest BCUT2D eigenvalue weighted by molar-refractivity contribution is 5.19. The van der Waals surface area contributed by atoms with Gasteiger partial charge < -0.3 is 0 Å². The minimum absolute atomic E-state index is 0.605. The summed E-state index contributed by atoms with van der Waals surface area (Å²) >= 11 is 0. The first-order valence-corrected chi connectivity index (χ1v) is 4.00. The van der Waals surface area contributed by atoms with Gasteiger partial charge in [-0.15, -0.1) is 6.58 Å². The monoisotopic (exact) mass is 146 g/mol. The Morgan fingerprint density at radius 1 is 1.36 bits per heavy atom. The molecule has 0 fully saturated rings. The Labute approximate surface area is 68.6 Å². The minimum Gasteiger partial charge on any atom is -0.103 e. The lowest BCUT2D eigenvalue weighted by molar-refractivity contribution is 0.782. The number of hydrogen-bond donors (Lipinski definition) is 0. The topological polar surface area (TPSA) is 0 Å². The van der Waals surface area contributed by atoms with Gasteiger partial charge in [0.1, 0.15) is 0 Å². The lowest BCUT2D eigenvalue weighted by Gasteiger charge is -2.07. The molecule has 0 saturated heterocycles. The van der Waals surface area contributed by atoms with Crippen LogP contribution in [-0.2, 0) is 0 Å². The fraction of sp³-hybridized carbons (Fsp3) is 0.273. The summed E-state index contributed by atoms with van der Waals surface area (Å²) in [6, 6.07) is 10.5. The Kier molecular flexibility index (Phi) is 2.91. The maximum atomic E-state index is 3.73. The molecule has 0 aromatic heterocycles. The summed E-state index contributed by atoms with van der Waals surface area (Å²) in [5.74, 6) is 0.605. The zero-order chi connectivity index (χ0) is 8.10.